The van der Waals surface area contributed by atoms with Gasteiger partial charge in [-0.05, 0) is 24.3 Å². The van der Waals surface area contributed by atoms with E-state index in [0.717, 1.165) is 0 Å². The molecule has 6 nitrogen and oxygen atoms in total. The quantitative estimate of drug-likeness (QED) is 0.545. The standard InChI is InChI=1S/C20H16N2O4/c1-2-20(21,19(24)25)13-22-12-17(15-10-6-7-11-16(15)22)26-18(23)14-8-4-3-5-9-14/h1,3-12H,13,21H2,(H,24,25). The van der Waals surface area contributed by atoms with Gasteiger partial charge >= 0.3 is 11.9 Å². The minimum Gasteiger partial charge on any atom is -0.479 e. The molecule has 0 bridgehead atoms. The number of aliphatic carboxylic acids is 1. The van der Waals surface area contributed by atoms with Crippen LogP contribution in [0.2, 0.25) is 0 Å². The smallest absolute Gasteiger partial charge is 0.343 e. The molecule has 1 atom stereocenters. The SMILES string of the molecule is C#CC(N)(Cn1cc(OC(=O)c2ccccc2)c2ccccc21)C(=O)O. The van der Waals surface area contributed by atoms with Gasteiger partial charge in [-0.3, -0.25) is 0 Å². The Kier molecular flexibility index (Phi) is 4.48. The van der Waals surface area contributed by atoms with Crippen molar-refractivity contribution < 1.29 is 19.4 Å². The third-order valence-corrected chi connectivity index (χ3v) is 4.02. The zero-order valence-electron chi connectivity index (χ0n) is 13.8. The number of nitrogens with zero attached hydrogens (tertiary/aromatic N) is 1. The number of terminal acetylenes is 1. The van der Waals surface area contributed by atoms with Crippen LogP contribution in [0.3, 0.4) is 0 Å². The van der Waals surface area contributed by atoms with Gasteiger partial charge in [-0.15, -0.1) is 6.42 Å². The van der Waals surface area contributed by atoms with Crippen molar-refractivity contribution in [2.45, 2.75) is 12.1 Å². The van der Waals surface area contributed by atoms with Gasteiger partial charge in [-0.2, -0.15) is 0 Å². The Bertz CT molecular complexity index is 1020. The molecule has 0 aliphatic carbocycles. The molecule has 1 unspecified atom stereocenters. The van der Waals surface area contributed by atoms with Crippen LogP contribution in [0.25, 0.3) is 10.9 Å². The van der Waals surface area contributed by atoms with E-state index in [1.165, 1.54) is 6.20 Å². The van der Waals surface area contributed by atoms with Crippen molar-refractivity contribution >= 4 is 22.8 Å². The third-order valence-electron chi connectivity index (χ3n) is 4.02. The van der Waals surface area contributed by atoms with Crippen LogP contribution in [-0.4, -0.2) is 27.2 Å². The summed E-state index contributed by atoms with van der Waals surface area (Å²) >= 11 is 0. The first-order chi connectivity index (χ1) is 12.4. The Morgan fingerprint density at radius 2 is 1.81 bits per heavy atom. The van der Waals surface area contributed by atoms with Gasteiger partial charge in [-0.1, -0.05) is 36.3 Å². The van der Waals surface area contributed by atoms with E-state index in [4.69, 9.17) is 16.9 Å². The summed E-state index contributed by atoms with van der Waals surface area (Å²) in [6.07, 6.45) is 6.84. The lowest BCUT2D eigenvalue weighted by molar-refractivity contribution is -0.141. The van der Waals surface area contributed by atoms with Gasteiger partial charge in [0.15, 0.2) is 11.3 Å². The number of hydrogen-bond acceptors (Lipinski definition) is 4. The molecule has 0 fully saturated rings. The number of benzene rings is 2. The van der Waals surface area contributed by atoms with Crippen molar-refractivity contribution in [3.8, 4) is 18.1 Å². The monoisotopic (exact) mass is 348 g/mol. The number of para-hydroxylation sites is 1. The predicted octanol–water partition coefficient (Wildman–Crippen LogP) is 2.28. The third kappa shape index (κ3) is 3.16. The second-order valence-corrected chi connectivity index (χ2v) is 5.81. The summed E-state index contributed by atoms with van der Waals surface area (Å²) in [5.74, 6) is 0.605. The molecule has 0 radical (unpaired) electrons. The van der Waals surface area contributed by atoms with Crippen molar-refractivity contribution in [3.63, 3.8) is 0 Å². The van der Waals surface area contributed by atoms with Crippen molar-refractivity contribution in [1.29, 1.82) is 0 Å². The lowest BCUT2D eigenvalue weighted by Gasteiger charge is -2.19. The fourth-order valence-corrected chi connectivity index (χ4v) is 2.60. The second-order valence-electron chi connectivity index (χ2n) is 5.81. The van der Waals surface area contributed by atoms with Gasteiger partial charge in [0.25, 0.3) is 0 Å². The molecule has 0 aliphatic rings. The molecule has 0 amide bonds. The van der Waals surface area contributed by atoms with E-state index in [9.17, 15) is 14.7 Å². The number of nitrogens with two attached hydrogens (primary N) is 1. The van der Waals surface area contributed by atoms with Crippen molar-refractivity contribution in [1.82, 2.24) is 4.57 Å². The number of aromatic nitrogens is 1. The number of rotatable bonds is 5. The van der Waals surface area contributed by atoms with Crippen LogP contribution in [0.15, 0.2) is 60.8 Å². The average molecular weight is 348 g/mol. The fraction of sp³-hybridized carbons (Fsp3) is 0.100. The average Bonchev–Trinajstić information content (AvgIpc) is 2.99. The topological polar surface area (TPSA) is 94.5 Å². The highest BCUT2D eigenvalue weighted by Gasteiger charge is 2.33. The van der Waals surface area contributed by atoms with Gasteiger partial charge in [-0.25, -0.2) is 9.59 Å². The molecule has 3 N–H and O–H groups in total. The fourth-order valence-electron chi connectivity index (χ4n) is 2.60. The highest BCUT2D eigenvalue weighted by molar-refractivity contribution is 5.95. The number of carbonyl (C=O) groups excluding carboxylic acids is 1. The first kappa shape index (κ1) is 17.3. The molecule has 2 aromatic carbocycles. The molecule has 0 spiro atoms. The van der Waals surface area contributed by atoms with E-state index >= 15 is 0 Å². The van der Waals surface area contributed by atoms with E-state index in [1.807, 2.05) is 0 Å². The maximum absolute atomic E-state index is 12.3. The summed E-state index contributed by atoms with van der Waals surface area (Å²) in [6, 6.07) is 15.7. The van der Waals surface area contributed by atoms with Crippen LogP contribution < -0.4 is 10.5 Å². The highest BCUT2D eigenvalue weighted by atomic mass is 16.5. The minimum absolute atomic E-state index is 0.164. The molecule has 0 aliphatic heterocycles. The number of fused-ring (bicyclic) bond motifs is 1. The van der Waals surface area contributed by atoms with Gasteiger partial charge in [0.2, 0.25) is 0 Å². The van der Waals surface area contributed by atoms with Gasteiger partial charge in [0.05, 0.1) is 17.6 Å². The zero-order chi connectivity index (χ0) is 18.7. The summed E-state index contributed by atoms with van der Waals surface area (Å²) in [5, 5.41) is 9.95. The Morgan fingerprint density at radius 3 is 2.46 bits per heavy atom. The van der Waals surface area contributed by atoms with Crippen LogP contribution in [0.1, 0.15) is 10.4 Å². The summed E-state index contributed by atoms with van der Waals surface area (Å²) in [5.41, 5.74) is 5.00. The maximum atomic E-state index is 12.3. The van der Waals surface area contributed by atoms with Crippen LogP contribution in [0.4, 0.5) is 0 Å². The number of ether oxygens (including phenoxy) is 1. The van der Waals surface area contributed by atoms with Crippen molar-refractivity contribution in [3.05, 3.63) is 66.4 Å². The number of esters is 1. The number of carboxylic acid groups (broad SMARTS) is 1. The van der Waals surface area contributed by atoms with Crippen molar-refractivity contribution in [2.75, 3.05) is 0 Å². The maximum Gasteiger partial charge on any atom is 0.343 e. The molecule has 6 heteroatoms. The summed E-state index contributed by atoms with van der Waals surface area (Å²) in [6.45, 7) is -0.164. The van der Waals surface area contributed by atoms with Gasteiger partial charge in [0, 0.05) is 11.6 Å². The van der Waals surface area contributed by atoms with E-state index in [0.29, 0.717) is 22.2 Å². The molecule has 0 saturated carbocycles. The first-order valence-electron chi connectivity index (χ1n) is 7.80. The first-order valence-corrected chi connectivity index (χ1v) is 7.80. The van der Waals surface area contributed by atoms with E-state index < -0.39 is 17.5 Å². The largest absolute Gasteiger partial charge is 0.479 e. The highest BCUT2D eigenvalue weighted by Crippen LogP contribution is 2.29. The predicted molar refractivity (Wildman–Crippen MR) is 96.7 cm³/mol. The normalized spacial score (nSPS) is 12.9. The summed E-state index contributed by atoms with van der Waals surface area (Å²) < 4.78 is 7.08. The number of carboxylic acids is 1. The molecule has 3 rings (SSSR count). The Labute approximate surface area is 149 Å². The van der Waals surface area contributed by atoms with E-state index in [-0.39, 0.29) is 6.54 Å². The van der Waals surface area contributed by atoms with E-state index in [1.54, 1.807) is 59.2 Å². The Hall–Kier alpha value is -3.56. The minimum atomic E-state index is -1.87. The second kappa shape index (κ2) is 6.75. The van der Waals surface area contributed by atoms with Crippen molar-refractivity contribution in [2.24, 2.45) is 5.73 Å². The molecule has 3 aromatic rings. The zero-order valence-corrected chi connectivity index (χ0v) is 13.8. The van der Waals surface area contributed by atoms with Crippen LogP contribution in [0.5, 0.6) is 5.75 Å². The van der Waals surface area contributed by atoms with Crippen LogP contribution in [0, 0.1) is 12.3 Å². The lowest BCUT2D eigenvalue weighted by Crippen LogP contribution is -2.50. The lowest BCUT2D eigenvalue weighted by atomic mass is 10.0. The van der Waals surface area contributed by atoms with E-state index in [2.05, 4.69) is 5.92 Å². The molecule has 1 aromatic heterocycles. The van der Waals surface area contributed by atoms with Crippen LogP contribution >= 0.6 is 0 Å². The Morgan fingerprint density at radius 1 is 1.15 bits per heavy atom. The molecule has 130 valence electrons. The molecular weight excluding hydrogens is 332 g/mol. The Balaban J connectivity index is 1.99. The number of carbonyl (C=O) groups is 2. The number of hydrogen-bond donors (Lipinski definition) is 2. The summed E-state index contributed by atoms with van der Waals surface area (Å²) in [4.78, 5) is 23.7. The van der Waals surface area contributed by atoms with Crippen LogP contribution in [-0.2, 0) is 11.3 Å². The molecule has 1 heterocycles. The molecular formula is C20H16N2O4. The van der Waals surface area contributed by atoms with Gasteiger partial charge in [0.1, 0.15) is 0 Å². The van der Waals surface area contributed by atoms with Gasteiger partial charge < -0.3 is 20.1 Å². The summed E-state index contributed by atoms with van der Waals surface area (Å²) in [7, 11) is 0. The molecule has 0 saturated heterocycles. The molecule has 26 heavy (non-hydrogen) atoms.